The SMILES string of the molecule is Nc1ccc(SCCCO)cc1C(=O)O. The summed E-state index contributed by atoms with van der Waals surface area (Å²) in [7, 11) is 0. The van der Waals surface area contributed by atoms with Crippen molar-refractivity contribution in [3.63, 3.8) is 0 Å². The Morgan fingerprint density at radius 2 is 2.20 bits per heavy atom. The first kappa shape index (κ1) is 11.9. The van der Waals surface area contributed by atoms with Crippen LogP contribution >= 0.6 is 11.8 Å². The molecule has 0 fully saturated rings. The van der Waals surface area contributed by atoms with Crippen LogP contribution in [0, 0.1) is 0 Å². The lowest BCUT2D eigenvalue weighted by molar-refractivity contribution is 0.0698. The number of aromatic carboxylic acids is 1. The Morgan fingerprint density at radius 1 is 1.47 bits per heavy atom. The van der Waals surface area contributed by atoms with Crippen molar-refractivity contribution in [1.82, 2.24) is 0 Å². The summed E-state index contributed by atoms with van der Waals surface area (Å²) in [6.07, 6.45) is 0.692. The standard InChI is InChI=1S/C10H13NO3S/c11-9-3-2-7(15-5-1-4-12)6-8(9)10(13)14/h2-3,6,12H,1,4-5,11H2,(H,13,14). The van der Waals surface area contributed by atoms with Crippen LogP contribution in [-0.2, 0) is 0 Å². The van der Waals surface area contributed by atoms with E-state index in [0.717, 1.165) is 10.6 Å². The van der Waals surface area contributed by atoms with Crippen LogP contribution in [0.25, 0.3) is 0 Å². The molecule has 0 saturated carbocycles. The van der Waals surface area contributed by atoms with Crippen molar-refractivity contribution >= 4 is 23.4 Å². The van der Waals surface area contributed by atoms with Gasteiger partial charge in [0, 0.05) is 22.9 Å². The van der Waals surface area contributed by atoms with Gasteiger partial charge in [0.15, 0.2) is 0 Å². The molecular formula is C10H13NO3S. The number of benzene rings is 1. The predicted octanol–water partition coefficient (Wildman–Crippen LogP) is 1.44. The van der Waals surface area contributed by atoms with Crippen molar-refractivity contribution < 1.29 is 15.0 Å². The van der Waals surface area contributed by atoms with Crippen molar-refractivity contribution in [2.24, 2.45) is 0 Å². The number of carboxylic acid groups (broad SMARTS) is 1. The largest absolute Gasteiger partial charge is 0.478 e. The Kier molecular flexibility index (Phi) is 4.45. The molecule has 0 spiro atoms. The minimum absolute atomic E-state index is 0.129. The molecule has 4 N–H and O–H groups in total. The Balaban J connectivity index is 2.74. The molecule has 1 aromatic carbocycles. The summed E-state index contributed by atoms with van der Waals surface area (Å²) >= 11 is 1.51. The summed E-state index contributed by atoms with van der Waals surface area (Å²) in [4.78, 5) is 11.6. The molecule has 1 rings (SSSR count). The Labute approximate surface area is 92.1 Å². The first-order valence-corrected chi connectivity index (χ1v) is 5.50. The molecule has 0 aliphatic carbocycles. The minimum atomic E-state index is -1.02. The van der Waals surface area contributed by atoms with Gasteiger partial charge in [-0.15, -0.1) is 11.8 Å². The maximum Gasteiger partial charge on any atom is 0.337 e. The van der Waals surface area contributed by atoms with Gasteiger partial charge in [-0.25, -0.2) is 4.79 Å². The van der Waals surface area contributed by atoms with Crippen LogP contribution in [0.15, 0.2) is 23.1 Å². The zero-order valence-electron chi connectivity index (χ0n) is 8.14. The van der Waals surface area contributed by atoms with E-state index in [2.05, 4.69) is 0 Å². The van der Waals surface area contributed by atoms with Crippen LogP contribution < -0.4 is 5.73 Å². The monoisotopic (exact) mass is 227 g/mol. The summed E-state index contributed by atoms with van der Waals surface area (Å²) in [5.74, 6) is -0.253. The van der Waals surface area contributed by atoms with Gasteiger partial charge in [-0.05, 0) is 24.6 Å². The van der Waals surface area contributed by atoms with E-state index >= 15 is 0 Å². The summed E-state index contributed by atoms with van der Waals surface area (Å²) in [6.45, 7) is 0.147. The predicted molar refractivity (Wildman–Crippen MR) is 60.2 cm³/mol. The molecule has 0 heterocycles. The van der Waals surface area contributed by atoms with Crippen molar-refractivity contribution in [2.75, 3.05) is 18.1 Å². The van der Waals surface area contributed by atoms with Gasteiger partial charge >= 0.3 is 5.97 Å². The maximum absolute atomic E-state index is 10.8. The Hall–Kier alpha value is -1.20. The number of anilines is 1. The highest BCUT2D eigenvalue weighted by Gasteiger charge is 2.08. The third-order valence-electron chi connectivity index (χ3n) is 1.83. The fourth-order valence-electron chi connectivity index (χ4n) is 1.06. The van der Waals surface area contributed by atoms with Crippen molar-refractivity contribution in [3.8, 4) is 0 Å². The lowest BCUT2D eigenvalue weighted by Crippen LogP contribution is -2.02. The lowest BCUT2D eigenvalue weighted by atomic mass is 10.2. The molecule has 0 unspecified atom stereocenters. The van der Waals surface area contributed by atoms with Crippen LogP contribution in [0.1, 0.15) is 16.8 Å². The third-order valence-corrected chi connectivity index (χ3v) is 2.91. The number of nitrogens with two attached hydrogens (primary N) is 1. The highest BCUT2D eigenvalue weighted by atomic mass is 32.2. The molecular weight excluding hydrogens is 214 g/mol. The molecule has 0 aliphatic heterocycles. The van der Waals surface area contributed by atoms with Crippen LogP contribution in [0.4, 0.5) is 5.69 Å². The zero-order valence-corrected chi connectivity index (χ0v) is 8.96. The third kappa shape index (κ3) is 3.45. The fraction of sp³-hybridized carbons (Fsp3) is 0.300. The van der Waals surface area contributed by atoms with E-state index in [0.29, 0.717) is 6.42 Å². The maximum atomic E-state index is 10.8. The first-order chi connectivity index (χ1) is 7.15. The van der Waals surface area contributed by atoms with Crippen LogP contribution in [0.5, 0.6) is 0 Å². The highest BCUT2D eigenvalue weighted by Crippen LogP contribution is 2.23. The number of aliphatic hydroxyl groups excluding tert-OH is 1. The van der Waals surface area contributed by atoms with Crippen molar-refractivity contribution in [3.05, 3.63) is 23.8 Å². The fourth-order valence-corrected chi connectivity index (χ4v) is 1.94. The number of carboxylic acids is 1. The van der Waals surface area contributed by atoms with E-state index in [1.165, 1.54) is 11.8 Å². The summed E-state index contributed by atoms with van der Waals surface area (Å²) in [5.41, 5.74) is 5.92. The lowest BCUT2D eigenvalue weighted by Gasteiger charge is -2.04. The molecule has 0 atom stereocenters. The number of rotatable bonds is 5. The number of thioether (sulfide) groups is 1. The van der Waals surface area contributed by atoms with E-state index in [4.69, 9.17) is 15.9 Å². The number of aliphatic hydroxyl groups is 1. The molecule has 0 bridgehead atoms. The van der Waals surface area contributed by atoms with Gasteiger partial charge in [-0.3, -0.25) is 0 Å². The molecule has 4 nitrogen and oxygen atoms in total. The molecule has 0 amide bonds. The van der Waals surface area contributed by atoms with E-state index in [1.54, 1.807) is 18.2 Å². The quantitative estimate of drug-likeness (QED) is 0.403. The Morgan fingerprint density at radius 3 is 2.80 bits per heavy atom. The summed E-state index contributed by atoms with van der Waals surface area (Å²) < 4.78 is 0. The molecule has 0 radical (unpaired) electrons. The molecule has 1 aromatic rings. The molecule has 0 aromatic heterocycles. The van der Waals surface area contributed by atoms with Crippen molar-refractivity contribution in [2.45, 2.75) is 11.3 Å². The first-order valence-electron chi connectivity index (χ1n) is 4.51. The van der Waals surface area contributed by atoms with Crippen molar-refractivity contribution in [1.29, 1.82) is 0 Å². The topological polar surface area (TPSA) is 83.5 Å². The second-order valence-corrected chi connectivity index (χ2v) is 4.15. The minimum Gasteiger partial charge on any atom is -0.478 e. The van der Waals surface area contributed by atoms with Crippen LogP contribution in [0.3, 0.4) is 0 Å². The van der Waals surface area contributed by atoms with Gasteiger partial charge < -0.3 is 15.9 Å². The van der Waals surface area contributed by atoms with Gasteiger partial charge in [0.1, 0.15) is 0 Å². The second kappa shape index (κ2) is 5.63. The highest BCUT2D eigenvalue weighted by molar-refractivity contribution is 7.99. The number of hydrogen-bond acceptors (Lipinski definition) is 4. The number of nitrogen functional groups attached to an aromatic ring is 1. The smallest absolute Gasteiger partial charge is 0.337 e. The normalized spacial score (nSPS) is 10.2. The van der Waals surface area contributed by atoms with E-state index in [9.17, 15) is 4.79 Å². The number of hydrogen-bond donors (Lipinski definition) is 3. The zero-order chi connectivity index (χ0) is 11.3. The van der Waals surface area contributed by atoms with E-state index in [-0.39, 0.29) is 17.9 Å². The van der Waals surface area contributed by atoms with Gasteiger partial charge in [-0.1, -0.05) is 0 Å². The van der Waals surface area contributed by atoms with Gasteiger partial charge in [0.05, 0.1) is 5.56 Å². The second-order valence-electron chi connectivity index (χ2n) is 2.98. The average molecular weight is 227 g/mol. The summed E-state index contributed by atoms with van der Waals surface area (Å²) in [6, 6.07) is 4.92. The van der Waals surface area contributed by atoms with Crippen LogP contribution in [0.2, 0.25) is 0 Å². The molecule has 15 heavy (non-hydrogen) atoms. The Bertz CT molecular complexity index is 355. The number of carbonyl (C=O) groups is 1. The van der Waals surface area contributed by atoms with Gasteiger partial charge in [0.25, 0.3) is 0 Å². The summed E-state index contributed by atoms with van der Waals surface area (Å²) in [5, 5.41) is 17.4. The van der Waals surface area contributed by atoms with Crippen LogP contribution in [-0.4, -0.2) is 28.5 Å². The molecule has 0 saturated heterocycles. The van der Waals surface area contributed by atoms with E-state index < -0.39 is 5.97 Å². The molecule has 0 aliphatic rings. The molecule has 82 valence electrons. The molecule has 5 heteroatoms. The van der Waals surface area contributed by atoms with E-state index in [1.807, 2.05) is 0 Å². The average Bonchev–Trinajstić information content (AvgIpc) is 2.20. The van der Waals surface area contributed by atoms with Gasteiger partial charge in [-0.2, -0.15) is 0 Å². The van der Waals surface area contributed by atoms with Gasteiger partial charge in [0.2, 0.25) is 0 Å².